The molecule has 55 heavy (non-hydrogen) atoms. The quantitative estimate of drug-likeness (QED) is 0.182. The van der Waals surface area contributed by atoms with Crippen molar-refractivity contribution < 1.29 is 4.42 Å². The number of hydrogen-bond donors (Lipinski definition) is 0. The lowest BCUT2D eigenvalue weighted by molar-refractivity contribution is 0.672. The van der Waals surface area contributed by atoms with Crippen molar-refractivity contribution >= 4 is 86.0 Å². The van der Waals surface area contributed by atoms with Crippen molar-refractivity contribution in [2.45, 2.75) is 0 Å². The molecule has 0 unspecified atom stereocenters. The van der Waals surface area contributed by atoms with Crippen LogP contribution in [0.25, 0.3) is 115 Å². The molecule has 0 aliphatic heterocycles. The number of fused-ring (bicyclic) bond motifs is 11. The summed E-state index contributed by atoms with van der Waals surface area (Å²) in [5.74, 6) is 1.84. The van der Waals surface area contributed by atoms with E-state index in [4.69, 9.17) is 19.4 Å². The van der Waals surface area contributed by atoms with Gasteiger partial charge in [-0.1, -0.05) is 133 Å². The van der Waals surface area contributed by atoms with Crippen LogP contribution in [0.3, 0.4) is 0 Å². The summed E-state index contributed by atoms with van der Waals surface area (Å²) in [4.78, 5) is 15.2. The molecule has 12 rings (SSSR count). The number of para-hydroxylation sites is 1. The van der Waals surface area contributed by atoms with Crippen molar-refractivity contribution in [1.29, 1.82) is 0 Å². The third-order valence-corrected chi connectivity index (χ3v) is 12.0. The second kappa shape index (κ2) is 11.7. The molecule has 0 bridgehead atoms. The zero-order valence-corrected chi connectivity index (χ0v) is 30.1. The molecule has 0 atom stereocenters. The normalized spacial score (nSPS) is 12.0. The molecule has 6 heteroatoms. The smallest absolute Gasteiger partial charge is 0.164 e. The number of furan rings is 1. The van der Waals surface area contributed by atoms with Crippen LogP contribution in [-0.2, 0) is 0 Å². The molecule has 256 valence electrons. The summed E-state index contributed by atoms with van der Waals surface area (Å²) in [7, 11) is 0. The molecule has 4 aromatic heterocycles. The molecular formula is C49H28N4OS. The Morgan fingerprint density at radius 1 is 0.418 bits per heavy atom. The Morgan fingerprint density at radius 2 is 1.05 bits per heavy atom. The van der Waals surface area contributed by atoms with Gasteiger partial charge in [-0.15, -0.1) is 11.3 Å². The molecule has 0 N–H and O–H groups in total. The van der Waals surface area contributed by atoms with E-state index in [9.17, 15) is 0 Å². The number of aromatic nitrogens is 4. The van der Waals surface area contributed by atoms with Crippen LogP contribution in [0.2, 0.25) is 0 Å². The molecule has 0 saturated heterocycles. The molecule has 0 radical (unpaired) electrons. The van der Waals surface area contributed by atoms with E-state index in [2.05, 4.69) is 102 Å². The molecule has 0 amide bonds. The van der Waals surface area contributed by atoms with E-state index < -0.39 is 0 Å². The minimum absolute atomic E-state index is 0.597. The zero-order valence-electron chi connectivity index (χ0n) is 29.3. The van der Waals surface area contributed by atoms with Crippen LogP contribution in [0.4, 0.5) is 0 Å². The van der Waals surface area contributed by atoms with Gasteiger partial charge in [0.15, 0.2) is 17.5 Å². The Hall–Kier alpha value is -7.15. The third-order valence-electron chi connectivity index (χ3n) is 10.8. The topological polar surface area (TPSA) is 56.7 Å². The minimum Gasteiger partial charge on any atom is -0.455 e. The first-order chi connectivity index (χ1) is 27.3. The fourth-order valence-electron chi connectivity index (χ4n) is 8.38. The fourth-order valence-corrected chi connectivity index (χ4v) is 9.50. The highest BCUT2D eigenvalue weighted by atomic mass is 32.1. The van der Waals surface area contributed by atoms with E-state index in [0.717, 1.165) is 60.6 Å². The van der Waals surface area contributed by atoms with Crippen LogP contribution in [-0.4, -0.2) is 19.5 Å². The van der Waals surface area contributed by atoms with Crippen LogP contribution >= 0.6 is 11.3 Å². The van der Waals surface area contributed by atoms with Crippen LogP contribution in [0.5, 0.6) is 0 Å². The predicted molar refractivity (Wildman–Crippen MR) is 228 cm³/mol. The Bertz CT molecular complexity index is 3430. The number of nitrogens with zero attached hydrogens (tertiary/aromatic N) is 4. The summed E-state index contributed by atoms with van der Waals surface area (Å²) in [6.07, 6.45) is 0. The predicted octanol–water partition coefficient (Wildman–Crippen LogP) is 13.4. The molecule has 0 aliphatic carbocycles. The Morgan fingerprint density at radius 3 is 1.82 bits per heavy atom. The number of thiophene rings is 1. The minimum atomic E-state index is 0.597. The lowest BCUT2D eigenvalue weighted by atomic mass is 10.0. The lowest BCUT2D eigenvalue weighted by Crippen LogP contribution is -2.00. The molecule has 5 nitrogen and oxygen atoms in total. The summed E-state index contributed by atoms with van der Waals surface area (Å²) >= 11 is 1.86. The molecule has 12 aromatic rings. The summed E-state index contributed by atoms with van der Waals surface area (Å²) in [5.41, 5.74) is 7.81. The van der Waals surface area contributed by atoms with Crippen LogP contribution in [0.1, 0.15) is 0 Å². The van der Waals surface area contributed by atoms with E-state index >= 15 is 0 Å². The van der Waals surface area contributed by atoms with Crippen molar-refractivity contribution in [3.63, 3.8) is 0 Å². The van der Waals surface area contributed by atoms with E-state index in [1.807, 2.05) is 84.1 Å². The fraction of sp³-hybridized carbons (Fsp3) is 0. The van der Waals surface area contributed by atoms with Gasteiger partial charge in [-0.05, 0) is 36.4 Å². The monoisotopic (exact) mass is 720 g/mol. The van der Waals surface area contributed by atoms with Gasteiger partial charge in [-0.3, -0.25) is 0 Å². The average molecular weight is 721 g/mol. The van der Waals surface area contributed by atoms with E-state index in [1.54, 1.807) is 0 Å². The van der Waals surface area contributed by atoms with Gasteiger partial charge in [0.1, 0.15) is 11.2 Å². The van der Waals surface area contributed by atoms with Gasteiger partial charge >= 0.3 is 0 Å². The van der Waals surface area contributed by atoms with Gasteiger partial charge in [0.25, 0.3) is 0 Å². The summed E-state index contributed by atoms with van der Waals surface area (Å²) in [6, 6.07) is 59.6. The highest BCUT2D eigenvalue weighted by molar-refractivity contribution is 7.25. The highest BCUT2D eigenvalue weighted by Crippen LogP contribution is 2.45. The van der Waals surface area contributed by atoms with Gasteiger partial charge in [-0.2, -0.15) is 0 Å². The molecule has 4 heterocycles. The lowest BCUT2D eigenvalue weighted by Gasteiger charge is -2.13. The third kappa shape index (κ3) is 4.55. The number of rotatable bonds is 4. The Labute approximate surface area is 318 Å². The number of benzene rings is 8. The van der Waals surface area contributed by atoms with Crippen molar-refractivity contribution in [3.8, 4) is 39.9 Å². The van der Waals surface area contributed by atoms with Crippen LogP contribution in [0, 0.1) is 0 Å². The van der Waals surface area contributed by atoms with E-state index in [0.29, 0.717) is 17.5 Å². The summed E-state index contributed by atoms with van der Waals surface area (Å²) in [5, 5.41) is 9.18. The molecular weight excluding hydrogens is 693 g/mol. The summed E-state index contributed by atoms with van der Waals surface area (Å²) < 4.78 is 11.9. The number of hydrogen-bond acceptors (Lipinski definition) is 5. The van der Waals surface area contributed by atoms with Gasteiger partial charge in [0.2, 0.25) is 0 Å². The first kappa shape index (κ1) is 30.3. The van der Waals surface area contributed by atoms with Gasteiger partial charge < -0.3 is 8.98 Å². The van der Waals surface area contributed by atoms with Crippen molar-refractivity contribution in [3.05, 3.63) is 170 Å². The second-order valence-electron chi connectivity index (χ2n) is 14.0. The van der Waals surface area contributed by atoms with E-state index in [-0.39, 0.29) is 0 Å². The van der Waals surface area contributed by atoms with Crippen molar-refractivity contribution in [2.75, 3.05) is 0 Å². The van der Waals surface area contributed by atoms with Gasteiger partial charge in [0, 0.05) is 69.2 Å². The van der Waals surface area contributed by atoms with E-state index in [1.165, 1.54) is 36.5 Å². The Kier molecular flexibility index (Phi) is 6.44. The summed E-state index contributed by atoms with van der Waals surface area (Å²) in [6.45, 7) is 0. The zero-order chi connectivity index (χ0) is 36.0. The maximum Gasteiger partial charge on any atom is 0.164 e. The first-order valence-electron chi connectivity index (χ1n) is 18.4. The maximum atomic E-state index is 6.82. The van der Waals surface area contributed by atoms with Crippen molar-refractivity contribution in [1.82, 2.24) is 19.5 Å². The molecule has 8 aromatic carbocycles. The SMILES string of the molecule is c1ccc(-c2nc(-c3ccccc3)nc(-c3cccc4oc5c6ccccc6c(-n6c7ccccc7c7cc8sc9ccccc9c8cc76)cc5c34)n2)cc1. The highest BCUT2D eigenvalue weighted by Gasteiger charge is 2.23. The van der Waals surface area contributed by atoms with Crippen LogP contribution in [0.15, 0.2) is 174 Å². The molecule has 0 spiro atoms. The van der Waals surface area contributed by atoms with Gasteiger partial charge in [-0.25, -0.2) is 15.0 Å². The maximum absolute atomic E-state index is 6.82. The van der Waals surface area contributed by atoms with Gasteiger partial charge in [0.05, 0.1) is 16.7 Å². The molecule has 0 fully saturated rings. The van der Waals surface area contributed by atoms with Crippen molar-refractivity contribution in [2.24, 2.45) is 0 Å². The van der Waals surface area contributed by atoms with Crippen LogP contribution < -0.4 is 0 Å². The Balaban J connectivity index is 1.18. The largest absolute Gasteiger partial charge is 0.455 e. The standard InChI is InChI=1S/C49H28N4OS/c1-3-14-29(15-4-1)47-50-48(30-16-5-2-6-17-30)52-49(51-47)35-22-13-24-42-45(35)38-27-40(31-18-7-8-21-34(31)46(38)54-42)53-39-23-11-9-19-32(39)36-28-44-37(26-41(36)53)33-20-10-12-25-43(33)55-44/h1-28H. The first-order valence-corrected chi connectivity index (χ1v) is 19.2. The second-order valence-corrected chi connectivity index (χ2v) is 15.0. The average Bonchev–Trinajstić information content (AvgIpc) is 3.92. The molecule has 0 saturated carbocycles. The molecule has 0 aliphatic rings.